The molecule has 0 atom stereocenters. The Morgan fingerprint density at radius 2 is 1.95 bits per heavy atom. The molecule has 4 N–H and O–H groups in total. The first-order valence-electron chi connectivity index (χ1n) is 6.47. The van der Waals surface area contributed by atoms with Crippen LogP contribution in [0.2, 0.25) is 0 Å². The van der Waals surface area contributed by atoms with Crippen molar-refractivity contribution < 1.29 is 29.3 Å². The molecule has 7 heteroatoms. The number of hydrogen-bond acceptors (Lipinski definition) is 5. The lowest BCUT2D eigenvalue weighted by Crippen LogP contribution is -2.18. The van der Waals surface area contributed by atoms with Crippen molar-refractivity contribution in [1.82, 2.24) is 5.32 Å². The van der Waals surface area contributed by atoms with Crippen LogP contribution in [-0.4, -0.2) is 27.2 Å². The number of aliphatic carboxylic acids is 1. The minimum atomic E-state index is -1.10. The molecular weight excluding hydrogens is 290 g/mol. The molecule has 0 radical (unpaired) electrons. The number of nitrogens with one attached hydrogen (secondary N) is 1. The summed E-state index contributed by atoms with van der Waals surface area (Å²) < 4.78 is 5.51. The van der Waals surface area contributed by atoms with Gasteiger partial charge in [0.15, 0.2) is 0 Å². The van der Waals surface area contributed by atoms with Crippen LogP contribution >= 0.6 is 0 Å². The summed E-state index contributed by atoms with van der Waals surface area (Å²) in [6, 6.07) is 5.55. The van der Waals surface area contributed by atoms with E-state index in [9.17, 15) is 19.8 Å². The zero-order valence-electron chi connectivity index (χ0n) is 11.8. The van der Waals surface area contributed by atoms with Crippen molar-refractivity contribution >= 4 is 11.9 Å². The van der Waals surface area contributed by atoms with Crippen molar-refractivity contribution in [3.8, 4) is 22.8 Å². The highest BCUT2D eigenvalue weighted by Crippen LogP contribution is 2.37. The maximum atomic E-state index is 10.9. The molecule has 0 bridgehead atoms. The van der Waals surface area contributed by atoms with Crippen LogP contribution in [0.4, 0.5) is 0 Å². The Morgan fingerprint density at radius 3 is 2.59 bits per heavy atom. The molecule has 7 nitrogen and oxygen atoms in total. The quantitative estimate of drug-likeness (QED) is 0.666. The van der Waals surface area contributed by atoms with E-state index in [4.69, 9.17) is 9.52 Å². The summed E-state index contributed by atoms with van der Waals surface area (Å²) in [5, 5.41) is 31.0. The fourth-order valence-electron chi connectivity index (χ4n) is 2.07. The number of carbonyl (C=O) groups excluding carboxylic acids is 1. The number of amides is 1. The van der Waals surface area contributed by atoms with Crippen molar-refractivity contribution in [2.75, 3.05) is 0 Å². The largest absolute Gasteiger partial charge is 0.508 e. The molecule has 0 aliphatic rings. The maximum absolute atomic E-state index is 10.9. The molecule has 116 valence electrons. The standard InChI is InChI=1S/C15H15NO6/c1-8(17)16-7-11-2-3-13(22-11)15-9(5-14(20)21)4-10(18)6-12(15)19/h2-4,6,18-19H,5,7H2,1H3,(H,16,17)(H,20,21). The van der Waals surface area contributed by atoms with Gasteiger partial charge in [-0.1, -0.05) is 0 Å². The normalized spacial score (nSPS) is 10.4. The fraction of sp³-hybridized carbons (Fsp3) is 0.200. The number of carboxylic acids is 1. The maximum Gasteiger partial charge on any atom is 0.307 e. The van der Waals surface area contributed by atoms with Crippen molar-refractivity contribution in [1.29, 1.82) is 0 Å². The molecule has 0 fully saturated rings. The summed E-state index contributed by atoms with van der Waals surface area (Å²) in [7, 11) is 0. The van der Waals surface area contributed by atoms with Gasteiger partial charge in [-0.05, 0) is 23.8 Å². The van der Waals surface area contributed by atoms with Crippen molar-refractivity contribution in [2.45, 2.75) is 19.9 Å². The average Bonchev–Trinajstić information content (AvgIpc) is 2.83. The molecule has 1 aromatic heterocycles. The number of benzene rings is 1. The van der Waals surface area contributed by atoms with Crippen LogP contribution in [0.5, 0.6) is 11.5 Å². The monoisotopic (exact) mass is 305 g/mol. The van der Waals surface area contributed by atoms with Crippen molar-refractivity contribution in [2.24, 2.45) is 0 Å². The van der Waals surface area contributed by atoms with E-state index in [0.29, 0.717) is 5.76 Å². The highest BCUT2D eigenvalue weighted by atomic mass is 16.4. The third-order valence-electron chi connectivity index (χ3n) is 2.95. The molecule has 0 spiro atoms. The van der Waals surface area contributed by atoms with Gasteiger partial charge in [-0.2, -0.15) is 0 Å². The fourth-order valence-corrected chi connectivity index (χ4v) is 2.07. The first kappa shape index (κ1) is 15.4. The number of aromatic hydroxyl groups is 2. The summed E-state index contributed by atoms with van der Waals surface area (Å²) >= 11 is 0. The predicted octanol–water partition coefficient (Wildman–Crippen LogP) is 1.62. The number of phenols is 2. The van der Waals surface area contributed by atoms with E-state index in [2.05, 4.69) is 5.32 Å². The van der Waals surface area contributed by atoms with Crippen LogP contribution in [0.1, 0.15) is 18.2 Å². The van der Waals surface area contributed by atoms with Gasteiger partial charge in [-0.25, -0.2) is 0 Å². The molecule has 0 saturated carbocycles. The van der Waals surface area contributed by atoms with Gasteiger partial charge in [0.05, 0.1) is 18.5 Å². The summed E-state index contributed by atoms with van der Waals surface area (Å²) in [6.45, 7) is 1.56. The van der Waals surface area contributed by atoms with E-state index < -0.39 is 5.97 Å². The molecule has 0 unspecified atom stereocenters. The molecule has 0 saturated heterocycles. The topological polar surface area (TPSA) is 120 Å². The molecule has 0 aliphatic carbocycles. The summed E-state index contributed by atoms with van der Waals surface area (Å²) in [6.07, 6.45) is -0.376. The number of rotatable bonds is 5. The van der Waals surface area contributed by atoms with Gasteiger partial charge in [0, 0.05) is 13.0 Å². The molecular formula is C15H15NO6. The van der Waals surface area contributed by atoms with Gasteiger partial charge in [-0.3, -0.25) is 9.59 Å². The van der Waals surface area contributed by atoms with E-state index in [1.807, 2.05) is 0 Å². The minimum absolute atomic E-state index is 0.183. The molecule has 1 heterocycles. The van der Waals surface area contributed by atoms with Gasteiger partial charge in [0.1, 0.15) is 23.0 Å². The molecule has 22 heavy (non-hydrogen) atoms. The summed E-state index contributed by atoms with van der Waals surface area (Å²) in [5.41, 5.74) is 0.430. The second-order valence-electron chi connectivity index (χ2n) is 4.75. The Morgan fingerprint density at radius 1 is 1.23 bits per heavy atom. The molecule has 1 amide bonds. The second-order valence-corrected chi connectivity index (χ2v) is 4.75. The van der Waals surface area contributed by atoms with Crippen LogP contribution in [0.25, 0.3) is 11.3 Å². The van der Waals surface area contributed by atoms with Gasteiger partial charge in [0.2, 0.25) is 5.91 Å². The lowest BCUT2D eigenvalue weighted by atomic mass is 10.0. The zero-order valence-corrected chi connectivity index (χ0v) is 11.8. The zero-order chi connectivity index (χ0) is 16.3. The van der Waals surface area contributed by atoms with E-state index in [-0.39, 0.29) is 47.3 Å². The summed E-state index contributed by atoms with van der Waals surface area (Å²) in [5.74, 6) is -1.11. The van der Waals surface area contributed by atoms with Gasteiger partial charge in [-0.15, -0.1) is 0 Å². The van der Waals surface area contributed by atoms with Crippen LogP contribution in [0, 0.1) is 0 Å². The van der Waals surface area contributed by atoms with Gasteiger partial charge >= 0.3 is 5.97 Å². The Hall–Kier alpha value is -2.96. The Bertz CT molecular complexity index is 719. The third kappa shape index (κ3) is 3.57. The van der Waals surface area contributed by atoms with E-state index in [1.54, 1.807) is 12.1 Å². The Labute approximate surface area is 125 Å². The lowest BCUT2D eigenvalue weighted by molar-refractivity contribution is -0.136. The average molecular weight is 305 g/mol. The minimum Gasteiger partial charge on any atom is -0.508 e. The van der Waals surface area contributed by atoms with Crippen LogP contribution < -0.4 is 5.32 Å². The van der Waals surface area contributed by atoms with E-state index in [1.165, 1.54) is 13.0 Å². The number of carboxylic acid groups (broad SMARTS) is 1. The number of hydrogen-bond donors (Lipinski definition) is 4. The Kier molecular flexibility index (Phi) is 4.36. The van der Waals surface area contributed by atoms with Crippen LogP contribution in [0.15, 0.2) is 28.7 Å². The lowest BCUT2D eigenvalue weighted by Gasteiger charge is -2.09. The van der Waals surface area contributed by atoms with E-state index in [0.717, 1.165) is 6.07 Å². The number of carbonyl (C=O) groups is 2. The molecule has 0 aliphatic heterocycles. The highest BCUT2D eigenvalue weighted by Gasteiger charge is 2.18. The smallest absolute Gasteiger partial charge is 0.307 e. The first-order chi connectivity index (χ1) is 10.4. The van der Waals surface area contributed by atoms with Crippen LogP contribution in [0.3, 0.4) is 0 Å². The second kappa shape index (κ2) is 6.21. The predicted molar refractivity (Wildman–Crippen MR) is 76.3 cm³/mol. The number of furan rings is 1. The van der Waals surface area contributed by atoms with Gasteiger partial charge < -0.3 is 25.1 Å². The van der Waals surface area contributed by atoms with E-state index >= 15 is 0 Å². The van der Waals surface area contributed by atoms with Crippen molar-refractivity contribution in [3.05, 3.63) is 35.6 Å². The van der Waals surface area contributed by atoms with Crippen molar-refractivity contribution in [3.63, 3.8) is 0 Å². The SMILES string of the molecule is CC(=O)NCc1ccc(-c2c(O)cc(O)cc2CC(=O)O)o1. The molecule has 2 aromatic rings. The Balaban J connectivity index is 2.39. The highest BCUT2D eigenvalue weighted by molar-refractivity contribution is 5.79. The number of phenolic OH excluding ortho intramolecular Hbond substituents is 2. The molecule has 1 aromatic carbocycles. The van der Waals surface area contributed by atoms with Crippen LogP contribution in [-0.2, 0) is 22.6 Å². The van der Waals surface area contributed by atoms with Gasteiger partial charge in [0.25, 0.3) is 0 Å². The molecule has 2 rings (SSSR count). The summed E-state index contributed by atoms with van der Waals surface area (Å²) in [4.78, 5) is 21.8. The first-order valence-corrected chi connectivity index (χ1v) is 6.47. The third-order valence-corrected chi connectivity index (χ3v) is 2.95.